The van der Waals surface area contributed by atoms with Crippen LogP contribution in [0.2, 0.25) is 0 Å². The Balaban J connectivity index is 0.000000216. The molecule has 10 heteroatoms. The Morgan fingerprint density at radius 2 is 1.82 bits per heavy atom. The second-order valence-electron chi connectivity index (χ2n) is 7.18. The van der Waals surface area contributed by atoms with Crippen molar-refractivity contribution in [2.75, 3.05) is 32.1 Å². The summed E-state index contributed by atoms with van der Waals surface area (Å²) in [6.07, 6.45) is 7.25. The molecule has 4 rings (SSSR count). The molecule has 3 amide bonds. The van der Waals surface area contributed by atoms with E-state index in [1.54, 1.807) is 22.4 Å². The van der Waals surface area contributed by atoms with E-state index in [1.165, 1.54) is 19.1 Å². The Hall–Kier alpha value is -3.40. The maximum Gasteiger partial charge on any atom is 0.407 e. The normalized spacial score (nSPS) is 12.2. The molecule has 1 aliphatic rings. The van der Waals surface area contributed by atoms with Gasteiger partial charge in [0.25, 0.3) is 0 Å². The largest absolute Gasteiger partial charge is 0.453 e. The zero-order chi connectivity index (χ0) is 24.1. The lowest BCUT2D eigenvalue weighted by Crippen LogP contribution is -2.38. The summed E-state index contributed by atoms with van der Waals surface area (Å²) in [4.78, 5) is 40.3. The fourth-order valence-corrected chi connectivity index (χ4v) is 3.93. The number of rotatable bonds is 5. The molecule has 1 saturated heterocycles. The molecular weight excluding hydrogens is 442 g/mol. The van der Waals surface area contributed by atoms with Crippen molar-refractivity contribution in [3.8, 4) is 10.4 Å². The number of aromatic nitrogens is 2. The number of amides is 3. The van der Waals surface area contributed by atoms with Crippen LogP contribution in [0.25, 0.3) is 15.4 Å². The molecule has 0 atom stereocenters. The summed E-state index contributed by atoms with van der Waals surface area (Å²) in [5.41, 5.74) is 1.17. The topological polar surface area (TPSA) is 105 Å². The third-order valence-corrected chi connectivity index (χ3v) is 5.49. The van der Waals surface area contributed by atoms with Crippen LogP contribution < -0.4 is 10.6 Å². The van der Waals surface area contributed by atoms with Gasteiger partial charge in [-0.15, -0.1) is 0 Å². The molecular formula is C23H31N5O4S. The maximum atomic E-state index is 11.3. The highest BCUT2D eigenvalue weighted by molar-refractivity contribution is 7.20. The van der Waals surface area contributed by atoms with Crippen molar-refractivity contribution in [3.05, 3.63) is 42.7 Å². The predicted molar refractivity (Wildman–Crippen MR) is 130 cm³/mol. The number of imidazole rings is 1. The second-order valence-corrected chi connectivity index (χ2v) is 8.19. The van der Waals surface area contributed by atoms with Gasteiger partial charge in [-0.2, -0.15) is 0 Å². The molecule has 1 aliphatic heterocycles. The van der Waals surface area contributed by atoms with Crippen LogP contribution in [0.1, 0.15) is 33.1 Å². The fraction of sp³-hybridized carbons (Fsp3) is 0.391. The molecule has 0 spiro atoms. The third-order valence-electron chi connectivity index (χ3n) is 4.45. The molecule has 178 valence electrons. The monoisotopic (exact) mass is 473 g/mol. The van der Waals surface area contributed by atoms with E-state index in [0.29, 0.717) is 12.2 Å². The Kier molecular flexibility index (Phi) is 10.9. The summed E-state index contributed by atoms with van der Waals surface area (Å²) in [5.74, 6) is 0.536. The van der Waals surface area contributed by atoms with Crippen LogP contribution in [0.3, 0.4) is 0 Å². The van der Waals surface area contributed by atoms with E-state index >= 15 is 0 Å². The number of carbonyl (C=O) groups is 3. The zero-order valence-electron chi connectivity index (χ0n) is 19.2. The SMILES string of the molecule is CCC.COC(=O)NCC(=O)N1CCCC1.O=CNc1cn2cc(-c3ccccc3)sc2n1. The average Bonchev–Trinajstić information content (AvgIpc) is 3.56. The molecule has 1 aromatic carbocycles. The van der Waals surface area contributed by atoms with Crippen LogP contribution in [0.5, 0.6) is 0 Å². The molecule has 9 nitrogen and oxygen atoms in total. The lowest BCUT2D eigenvalue weighted by molar-refractivity contribution is -0.129. The average molecular weight is 474 g/mol. The number of hydrogen-bond acceptors (Lipinski definition) is 6. The molecule has 0 radical (unpaired) electrons. The van der Waals surface area contributed by atoms with Gasteiger partial charge in [-0.05, 0) is 18.4 Å². The van der Waals surface area contributed by atoms with Gasteiger partial charge in [0.1, 0.15) is 6.54 Å². The van der Waals surface area contributed by atoms with Crippen LogP contribution in [-0.4, -0.2) is 59.4 Å². The van der Waals surface area contributed by atoms with E-state index in [9.17, 15) is 14.4 Å². The van der Waals surface area contributed by atoms with Crippen molar-refractivity contribution in [3.63, 3.8) is 0 Å². The van der Waals surface area contributed by atoms with Crippen molar-refractivity contribution in [2.24, 2.45) is 0 Å². The molecule has 1 fully saturated rings. The molecule has 2 N–H and O–H groups in total. The number of nitrogens with one attached hydrogen (secondary N) is 2. The zero-order valence-corrected chi connectivity index (χ0v) is 20.1. The first-order chi connectivity index (χ1) is 16.0. The van der Waals surface area contributed by atoms with E-state index < -0.39 is 6.09 Å². The number of hydrogen-bond donors (Lipinski definition) is 2. The molecule has 0 unspecified atom stereocenters. The van der Waals surface area contributed by atoms with Crippen molar-refractivity contribution < 1.29 is 19.1 Å². The first-order valence-electron chi connectivity index (χ1n) is 10.9. The Morgan fingerprint density at radius 1 is 1.15 bits per heavy atom. The van der Waals surface area contributed by atoms with Crippen molar-refractivity contribution in [1.29, 1.82) is 0 Å². The van der Waals surface area contributed by atoms with Gasteiger partial charge in [-0.1, -0.05) is 61.9 Å². The number of methoxy groups -OCH3 is 1. The molecule has 0 saturated carbocycles. The van der Waals surface area contributed by atoms with Crippen LogP contribution in [0, 0.1) is 0 Å². The van der Waals surface area contributed by atoms with Crippen LogP contribution >= 0.6 is 11.3 Å². The number of thiazole rings is 1. The van der Waals surface area contributed by atoms with Crippen LogP contribution in [-0.2, 0) is 14.3 Å². The summed E-state index contributed by atoms with van der Waals surface area (Å²) in [7, 11) is 1.27. The van der Waals surface area contributed by atoms with E-state index in [-0.39, 0.29) is 12.5 Å². The Labute approximate surface area is 197 Å². The van der Waals surface area contributed by atoms with E-state index in [1.807, 2.05) is 28.8 Å². The van der Waals surface area contributed by atoms with Crippen LogP contribution in [0.15, 0.2) is 42.7 Å². The van der Waals surface area contributed by atoms with E-state index in [2.05, 4.69) is 46.3 Å². The highest BCUT2D eigenvalue weighted by atomic mass is 32.1. The lowest BCUT2D eigenvalue weighted by atomic mass is 10.2. The van der Waals surface area contributed by atoms with Gasteiger partial charge in [0.15, 0.2) is 10.8 Å². The van der Waals surface area contributed by atoms with Crippen molar-refractivity contribution >= 4 is 40.5 Å². The predicted octanol–water partition coefficient (Wildman–Crippen LogP) is 4.01. The van der Waals surface area contributed by atoms with E-state index in [0.717, 1.165) is 35.8 Å². The van der Waals surface area contributed by atoms with Gasteiger partial charge in [-0.25, -0.2) is 9.78 Å². The number of benzene rings is 1. The maximum absolute atomic E-state index is 11.3. The lowest BCUT2D eigenvalue weighted by Gasteiger charge is -2.14. The minimum Gasteiger partial charge on any atom is -0.453 e. The first-order valence-corrected chi connectivity index (χ1v) is 11.7. The summed E-state index contributed by atoms with van der Waals surface area (Å²) in [6.45, 7) is 5.90. The first kappa shape index (κ1) is 25.9. The summed E-state index contributed by atoms with van der Waals surface area (Å²) < 4.78 is 6.26. The quantitative estimate of drug-likeness (QED) is 0.545. The van der Waals surface area contributed by atoms with Gasteiger partial charge in [0, 0.05) is 19.3 Å². The number of anilines is 1. The molecule has 33 heavy (non-hydrogen) atoms. The number of carbonyl (C=O) groups excluding carboxylic acids is 3. The molecule has 0 aliphatic carbocycles. The molecule has 0 bridgehead atoms. The number of fused-ring (bicyclic) bond motifs is 1. The van der Waals surface area contributed by atoms with Crippen molar-refractivity contribution in [1.82, 2.24) is 19.6 Å². The molecule has 2 aromatic heterocycles. The van der Waals surface area contributed by atoms with Crippen LogP contribution in [0.4, 0.5) is 10.6 Å². The van der Waals surface area contributed by atoms with Gasteiger partial charge in [0.2, 0.25) is 12.3 Å². The highest BCUT2D eigenvalue weighted by Gasteiger charge is 2.17. The number of alkyl carbamates (subject to hydrolysis) is 1. The van der Waals surface area contributed by atoms with Crippen molar-refractivity contribution in [2.45, 2.75) is 33.1 Å². The summed E-state index contributed by atoms with van der Waals surface area (Å²) in [5, 5.41) is 4.89. The minimum atomic E-state index is -0.562. The highest BCUT2D eigenvalue weighted by Crippen LogP contribution is 2.28. The summed E-state index contributed by atoms with van der Waals surface area (Å²) >= 11 is 1.59. The standard InChI is InChI=1S/C12H9N3OS.C8H14N2O3.C3H8/c16-8-13-11-7-15-6-10(17-12(15)14-11)9-4-2-1-3-5-9;1-13-8(12)9-6-7(11)10-4-2-3-5-10;1-3-2/h1-8H,(H,13,16);2-6H2,1H3,(H,9,12);3H2,1-2H3. The molecule has 3 aromatic rings. The van der Waals surface area contributed by atoms with Gasteiger partial charge < -0.3 is 20.3 Å². The third kappa shape index (κ3) is 8.23. The molecule has 3 heterocycles. The number of nitrogens with zero attached hydrogens (tertiary/aromatic N) is 3. The second kappa shape index (κ2) is 13.9. The van der Waals surface area contributed by atoms with Gasteiger partial charge in [-0.3, -0.25) is 14.0 Å². The van der Waals surface area contributed by atoms with Gasteiger partial charge >= 0.3 is 6.09 Å². The Morgan fingerprint density at radius 3 is 2.39 bits per heavy atom. The minimum absolute atomic E-state index is 0.0344. The fourth-order valence-electron chi connectivity index (χ4n) is 2.96. The number of ether oxygens (including phenoxy) is 1. The van der Waals surface area contributed by atoms with E-state index in [4.69, 9.17) is 0 Å². The Bertz CT molecular complexity index is 981. The summed E-state index contributed by atoms with van der Waals surface area (Å²) in [6, 6.07) is 10.1. The van der Waals surface area contributed by atoms with Gasteiger partial charge in [0.05, 0.1) is 18.2 Å². The number of likely N-dealkylation sites (tertiary alicyclic amines) is 1. The smallest absolute Gasteiger partial charge is 0.407 e.